The van der Waals surface area contributed by atoms with Crippen molar-refractivity contribution in [3.05, 3.63) is 57.6 Å². The SMILES string of the molecule is ClCCCC1(CCCCl)c2cc(Cl)ccc2-c2ccc(Cl)cc21. The van der Waals surface area contributed by atoms with Crippen molar-refractivity contribution in [3.8, 4) is 11.1 Å². The van der Waals surface area contributed by atoms with Gasteiger partial charge in [-0.05, 0) is 72.2 Å². The van der Waals surface area contributed by atoms with Gasteiger partial charge >= 0.3 is 0 Å². The van der Waals surface area contributed by atoms with Crippen molar-refractivity contribution in [2.45, 2.75) is 31.1 Å². The minimum atomic E-state index is -0.0930. The van der Waals surface area contributed by atoms with E-state index in [0.29, 0.717) is 11.8 Å². The van der Waals surface area contributed by atoms with E-state index in [1.807, 2.05) is 12.1 Å². The minimum Gasteiger partial charge on any atom is -0.127 e. The first kappa shape index (κ1) is 17.4. The lowest BCUT2D eigenvalue weighted by Crippen LogP contribution is -2.26. The van der Waals surface area contributed by atoms with E-state index in [0.717, 1.165) is 35.7 Å². The highest BCUT2D eigenvalue weighted by atomic mass is 35.5. The van der Waals surface area contributed by atoms with Crippen LogP contribution in [-0.4, -0.2) is 11.8 Å². The molecule has 2 aromatic rings. The third-order valence-electron chi connectivity index (χ3n) is 4.76. The molecule has 0 spiro atoms. The molecule has 122 valence electrons. The maximum Gasteiger partial charge on any atom is 0.0409 e. The molecule has 1 aliphatic rings. The maximum atomic E-state index is 6.31. The Kier molecular flexibility index (Phi) is 5.48. The van der Waals surface area contributed by atoms with E-state index in [2.05, 4.69) is 24.3 Å². The summed E-state index contributed by atoms with van der Waals surface area (Å²) < 4.78 is 0. The summed E-state index contributed by atoms with van der Waals surface area (Å²) in [5.74, 6) is 1.29. The summed E-state index contributed by atoms with van der Waals surface area (Å²) in [5, 5.41) is 1.53. The van der Waals surface area contributed by atoms with Crippen LogP contribution in [0.25, 0.3) is 11.1 Å². The van der Waals surface area contributed by atoms with Crippen molar-refractivity contribution in [1.82, 2.24) is 0 Å². The van der Waals surface area contributed by atoms with Gasteiger partial charge in [-0.15, -0.1) is 23.2 Å². The molecule has 0 atom stereocenters. The first-order chi connectivity index (χ1) is 11.1. The van der Waals surface area contributed by atoms with Gasteiger partial charge in [0.05, 0.1) is 0 Å². The van der Waals surface area contributed by atoms with Gasteiger partial charge in [0.1, 0.15) is 0 Å². The lowest BCUT2D eigenvalue weighted by atomic mass is 9.71. The second-order valence-electron chi connectivity index (χ2n) is 6.05. The molecule has 1 aliphatic carbocycles. The molecule has 0 nitrogen and oxygen atoms in total. The summed E-state index contributed by atoms with van der Waals surface area (Å²) in [7, 11) is 0. The summed E-state index contributed by atoms with van der Waals surface area (Å²) in [6.07, 6.45) is 3.85. The molecule has 0 aromatic heterocycles. The van der Waals surface area contributed by atoms with Gasteiger partial charge in [0, 0.05) is 27.2 Å². The van der Waals surface area contributed by atoms with Crippen LogP contribution in [0.4, 0.5) is 0 Å². The Morgan fingerprint density at radius 1 is 0.696 bits per heavy atom. The van der Waals surface area contributed by atoms with Gasteiger partial charge in [-0.3, -0.25) is 0 Å². The first-order valence-corrected chi connectivity index (χ1v) is 9.67. The Hall–Kier alpha value is -0.400. The van der Waals surface area contributed by atoms with Gasteiger partial charge in [-0.1, -0.05) is 35.3 Å². The highest BCUT2D eigenvalue weighted by Gasteiger charge is 2.42. The summed E-state index contributed by atoms with van der Waals surface area (Å²) in [4.78, 5) is 0. The van der Waals surface area contributed by atoms with Gasteiger partial charge in [0.2, 0.25) is 0 Å². The van der Waals surface area contributed by atoms with E-state index in [1.165, 1.54) is 22.3 Å². The van der Waals surface area contributed by atoms with Gasteiger partial charge < -0.3 is 0 Å². The van der Waals surface area contributed by atoms with E-state index < -0.39 is 0 Å². The molecule has 23 heavy (non-hydrogen) atoms. The standard InChI is InChI=1S/C19H18Cl4/c20-9-1-7-19(8-2-10-21)17-11-13(22)3-5-15(17)16-6-4-14(23)12-18(16)19/h3-6,11-12H,1-2,7-10H2. The molecule has 0 saturated carbocycles. The minimum absolute atomic E-state index is 0.0930. The van der Waals surface area contributed by atoms with Crippen LogP contribution in [0, 0.1) is 0 Å². The summed E-state index contributed by atoms with van der Waals surface area (Å²) in [6, 6.07) is 12.4. The van der Waals surface area contributed by atoms with E-state index in [-0.39, 0.29) is 5.41 Å². The molecule has 0 unspecified atom stereocenters. The zero-order chi connectivity index (χ0) is 16.4. The molecular weight excluding hydrogens is 370 g/mol. The predicted octanol–water partition coefficient (Wildman–Crippen LogP) is 7.30. The van der Waals surface area contributed by atoms with Gasteiger partial charge in [-0.25, -0.2) is 0 Å². The number of hydrogen-bond acceptors (Lipinski definition) is 0. The van der Waals surface area contributed by atoms with Crippen molar-refractivity contribution in [2.24, 2.45) is 0 Å². The third-order valence-corrected chi connectivity index (χ3v) is 5.76. The van der Waals surface area contributed by atoms with E-state index in [1.54, 1.807) is 0 Å². The van der Waals surface area contributed by atoms with E-state index in [9.17, 15) is 0 Å². The smallest absolute Gasteiger partial charge is 0.0409 e. The Morgan fingerprint density at radius 3 is 1.52 bits per heavy atom. The van der Waals surface area contributed by atoms with Crippen molar-refractivity contribution in [2.75, 3.05) is 11.8 Å². The number of fused-ring (bicyclic) bond motifs is 3. The van der Waals surface area contributed by atoms with Crippen molar-refractivity contribution >= 4 is 46.4 Å². The molecule has 0 heterocycles. The monoisotopic (exact) mass is 386 g/mol. The molecule has 3 rings (SSSR count). The fourth-order valence-corrected chi connectivity index (χ4v) is 4.45. The Balaban J connectivity index is 2.23. The molecular formula is C19H18Cl4. The molecule has 4 heteroatoms. The van der Waals surface area contributed by atoms with Crippen LogP contribution in [0.5, 0.6) is 0 Å². The van der Waals surface area contributed by atoms with Crippen LogP contribution in [0.1, 0.15) is 36.8 Å². The Morgan fingerprint density at radius 2 is 1.13 bits per heavy atom. The first-order valence-electron chi connectivity index (χ1n) is 7.85. The van der Waals surface area contributed by atoms with Gasteiger partial charge in [0.15, 0.2) is 0 Å². The number of hydrogen-bond donors (Lipinski definition) is 0. The van der Waals surface area contributed by atoms with Crippen LogP contribution in [-0.2, 0) is 5.41 Å². The fourth-order valence-electron chi connectivity index (χ4n) is 3.84. The maximum absolute atomic E-state index is 6.31. The molecule has 0 aliphatic heterocycles. The fraction of sp³-hybridized carbons (Fsp3) is 0.368. The van der Waals surface area contributed by atoms with E-state index >= 15 is 0 Å². The van der Waals surface area contributed by atoms with Crippen LogP contribution < -0.4 is 0 Å². The second kappa shape index (κ2) is 7.23. The number of alkyl halides is 2. The second-order valence-corrected chi connectivity index (χ2v) is 7.68. The van der Waals surface area contributed by atoms with Gasteiger partial charge in [0.25, 0.3) is 0 Å². The normalized spacial score (nSPS) is 14.6. The van der Waals surface area contributed by atoms with Crippen molar-refractivity contribution in [1.29, 1.82) is 0 Å². The largest absolute Gasteiger partial charge is 0.127 e. The van der Waals surface area contributed by atoms with Crippen LogP contribution in [0.2, 0.25) is 10.0 Å². The summed E-state index contributed by atoms with van der Waals surface area (Å²) >= 11 is 24.7. The predicted molar refractivity (Wildman–Crippen MR) is 103 cm³/mol. The Labute approximate surface area is 157 Å². The average Bonchev–Trinajstić information content (AvgIpc) is 2.80. The molecule has 0 saturated heterocycles. The summed E-state index contributed by atoms with van der Waals surface area (Å²) in [5.41, 5.74) is 5.00. The quantitative estimate of drug-likeness (QED) is 0.456. The van der Waals surface area contributed by atoms with Crippen molar-refractivity contribution in [3.63, 3.8) is 0 Å². The zero-order valence-corrected chi connectivity index (χ0v) is 15.7. The zero-order valence-electron chi connectivity index (χ0n) is 12.7. The molecule has 0 bridgehead atoms. The number of benzene rings is 2. The van der Waals surface area contributed by atoms with Crippen molar-refractivity contribution < 1.29 is 0 Å². The van der Waals surface area contributed by atoms with Crippen LogP contribution in [0.15, 0.2) is 36.4 Å². The highest BCUT2D eigenvalue weighted by molar-refractivity contribution is 6.31. The molecule has 2 aromatic carbocycles. The highest BCUT2D eigenvalue weighted by Crippen LogP contribution is 2.54. The lowest BCUT2D eigenvalue weighted by molar-refractivity contribution is 0.438. The van der Waals surface area contributed by atoms with Crippen LogP contribution >= 0.6 is 46.4 Å². The lowest BCUT2D eigenvalue weighted by Gasteiger charge is -2.32. The molecule has 0 radical (unpaired) electrons. The van der Waals surface area contributed by atoms with Crippen LogP contribution in [0.3, 0.4) is 0 Å². The summed E-state index contributed by atoms with van der Waals surface area (Å²) in [6.45, 7) is 0. The van der Waals surface area contributed by atoms with Gasteiger partial charge in [-0.2, -0.15) is 0 Å². The molecule has 0 fully saturated rings. The average molecular weight is 388 g/mol. The number of halogens is 4. The molecule has 0 N–H and O–H groups in total. The van der Waals surface area contributed by atoms with E-state index in [4.69, 9.17) is 46.4 Å². The third kappa shape index (κ3) is 3.12. The molecule has 0 amide bonds. The topological polar surface area (TPSA) is 0 Å². The Bertz CT molecular complexity index is 647. The number of rotatable bonds is 6.